The molecule has 0 saturated carbocycles. The maximum absolute atomic E-state index is 12.5. The Bertz CT molecular complexity index is 876. The number of carbonyl (C=O) groups is 1. The van der Waals surface area contributed by atoms with Gasteiger partial charge in [-0.3, -0.25) is 4.99 Å². The second kappa shape index (κ2) is 8.95. The van der Waals surface area contributed by atoms with Gasteiger partial charge in [0, 0.05) is 17.5 Å². The molecule has 27 heavy (non-hydrogen) atoms. The Balaban J connectivity index is 2.06. The maximum Gasteiger partial charge on any atom is 0.330 e. The number of rotatable bonds is 6. The van der Waals surface area contributed by atoms with E-state index in [9.17, 15) is 4.79 Å². The average molecular weight is 357 g/mol. The summed E-state index contributed by atoms with van der Waals surface area (Å²) in [6.45, 7) is 2.04. The van der Waals surface area contributed by atoms with Crippen molar-refractivity contribution in [1.82, 2.24) is 0 Å². The third kappa shape index (κ3) is 4.70. The largest absolute Gasteiger partial charge is 0.467 e. The molecule has 0 bridgehead atoms. The zero-order valence-electron chi connectivity index (χ0n) is 15.6. The van der Waals surface area contributed by atoms with Crippen LogP contribution in [0.25, 0.3) is 0 Å². The van der Waals surface area contributed by atoms with Crippen LogP contribution in [0.1, 0.15) is 22.3 Å². The number of ether oxygens (including phenoxy) is 1. The predicted molar refractivity (Wildman–Crippen MR) is 109 cm³/mol. The molecule has 0 radical (unpaired) electrons. The Labute approximate surface area is 160 Å². The van der Waals surface area contributed by atoms with Crippen LogP contribution in [0.5, 0.6) is 0 Å². The van der Waals surface area contributed by atoms with E-state index >= 15 is 0 Å². The van der Waals surface area contributed by atoms with Crippen molar-refractivity contribution in [2.75, 3.05) is 7.11 Å². The van der Waals surface area contributed by atoms with E-state index in [2.05, 4.69) is 0 Å². The molecule has 0 saturated heterocycles. The van der Waals surface area contributed by atoms with Gasteiger partial charge in [0.15, 0.2) is 6.04 Å². The van der Waals surface area contributed by atoms with Crippen molar-refractivity contribution in [3.05, 3.63) is 107 Å². The predicted octanol–water partition coefficient (Wildman–Crippen LogP) is 4.62. The number of hydrogen-bond donors (Lipinski definition) is 0. The molecule has 0 spiro atoms. The lowest BCUT2D eigenvalue weighted by molar-refractivity contribution is -0.142. The highest BCUT2D eigenvalue weighted by atomic mass is 16.5. The van der Waals surface area contributed by atoms with Gasteiger partial charge < -0.3 is 4.74 Å². The monoisotopic (exact) mass is 357 g/mol. The van der Waals surface area contributed by atoms with Gasteiger partial charge in [0.25, 0.3) is 0 Å². The molecule has 0 aliphatic carbocycles. The number of carbonyl (C=O) groups excluding carboxylic acids is 1. The number of nitrogens with zero attached hydrogens (tertiary/aromatic N) is 1. The Hall–Kier alpha value is -3.20. The highest BCUT2D eigenvalue weighted by Crippen LogP contribution is 2.17. The van der Waals surface area contributed by atoms with E-state index in [1.165, 1.54) is 7.11 Å². The highest BCUT2D eigenvalue weighted by Gasteiger charge is 2.21. The summed E-state index contributed by atoms with van der Waals surface area (Å²) in [5.74, 6) is -0.331. The average Bonchev–Trinajstić information content (AvgIpc) is 2.73. The molecule has 0 aliphatic rings. The summed E-state index contributed by atoms with van der Waals surface area (Å²) < 4.78 is 5.05. The van der Waals surface area contributed by atoms with Crippen LogP contribution in [0, 0.1) is 6.92 Å². The Morgan fingerprint density at radius 1 is 0.852 bits per heavy atom. The van der Waals surface area contributed by atoms with Crippen LogP contribution in [0.15, 0.2) is 89.9 Å². The van der Waals surface area contributed by atoms with Crippen molar-refractivity contribution in [3.63, 3.8) is 0 Å². The molecule has 0 aliphatic heterocycles. The quantitative estimate of drug-likeness (QED) is 0.477. The lowest BCUT2D eigenvalue weighted by Crippen LogP contribution is -2.25. The normalized spacial score (nSPS) is 11.5. The van der Waals surface area contributed by atoms with Gasteiger partial charge in [-0.1, -0.05) is 84.9 Å². The Kier molecular flexibility index (Phi) is 6.16. The molecule has 1 atom stereocenters. The minimum absolute atomic E-state index is 0.331. The Morgan fingerprint density at radius 2 is 1.37 bits per heavy atom. The van der Waals surface area contributed by atoms with Crippen LogP contribution in [0.2, 0.25) is 0 Å². The Morgan fingerprint density at radius 3 is 1.89 bits per heavy atom. The molecule has 3 rings (SSSR count). The molecule has 1 unspecified atom stereocenters. The molecular formula is C24H23NO2. The zero-order valence-corrected chi connectivity index (χ0v) is 15.6. The molecule has 0 fully saturated rings. The van der Waals surface area contributed by atoms with Crippen LogP contribution >= 0.6 is 0 Å². The van der Waals surface area contributed by atoms with Gasteiger partial charge in [-0.05, 0) is 18.1 Å². The summed E-state index contributed by atoms with van der Waals surface area (Å²) >= 11 is 0. The third-order valence-electron chi connectivity index (χ3n) is 4.53. The number of aliphatic imine (C=N–C) groups is 1. The number of aryl methyl sites for hydroxylation is 1. The summed E-state index contributed by atoms with van der Waals surface area (Å²) in [5.41, 5.74) is 4.98. The molecule has 3 nitrogen and oxygen atoms in total. The van der Waals surface area contributed by atoms with Crippen molar-refractivity contribution in [3.8, 4) is 0 Å². The van der Waals surface area contributed by atoms with Crippen LogP contribution in [0.4, 0.5) is 0 Å². The number of methoxy groups -OCH3 is 1. The van der Waals surface area contributed by atoms with E-state index in [0.29, 0.717) is 6.42 Å². The van der Waals surface area contributed by atoms with E-state index in [-0.39, 0.29) is 5.97 Å². The molecule has 0 aromatic heterocycles. The molecule has 0 heterocycles. The lowest BCUT2D eigenvalue weighted by atomic mass is 9.99. The molecule has 0 amide bonds. The van der Waals surface area contributed by atoms with Crippen molar-refractivity contribution >= 4 is 11.7 Å². The fraction of sp³-hybridized carbons (Fsp3) is 0.167. The van der Waals surface area contributed by atoms with Gasteiger partial charge >= 0.3 is 5.97 Å². The summed E-state index contributed by atoms with van der Waals surface area (Å²) in [6.07, 6.45) is 0.502. The first kappa shape index (κ1) is 18.6. The first-order valence-corrected chi connectivity index (χ1v) is 9.00. The first-order valence-electron chi connectivity index (χ1n) is 9.00. The van der Waals surface area contributed by atoms with Gasteiger partial charge in [-0.2, -0.15) is 0 Å². The van der Waals surface area contributed by atoms with Gasteiger partial charge in [0.2, 0.25) is 0 Å². The molecular weight excluding hydrogens is 334 g/mol. The van der Waals surface area contributed by atoms with E-state index < -0.39 is 6.04 Å². The fourth-order valence-corrected chi connectivity index (χ4v) is 3.03. The topological polar surface area (TPSA) is 38.7 Å². The summed E-state index contributed by atoms with van der Waals surface area (Å²) in [7, 11) is 1.41. The summed E-state index contributed by atoms with van der Waals surface area (Å²) in [5, 5.41) is 0. The first-order chi connectivity index (χ1) is 13.2. The van der Waals surface area contributed by atoms with Gasteiger partial charge in [0.1, 0.15) is 0 Å². The van der Waals surface area contributed by atoms with Gasteiger partial charge in [-0.15, -0.1) is 0 Å². The van der Waals surface area contributed by atoms with Crippen molar-refractivity contribution < 1.29 is 9.53 Å². The number of esters is 1. The van der Waals surface area contributed by atoms with Crippen LogP contribution in [-0.2, 0) is 16.0 Å². The fourth-order valence-electron chi connectivity index (χ4n) is 3.03. The molecule has 3 aromatic rings. The number of benzene rings is 3. The SMILES string of the molecule is COC(=O)C(Cc1ccccc1C)N=C(c1ccccc1)c1ccccc1. The molecule has 3 heteroatoms. The summed E-state index contributed by atoms with van der Waals surface area (Å²) in [6, 6.07) is 27.3. The molecule has 0 N–H and O–H groups in total. The van der Waals surface area contributed by atoms with Crippen molar-refractivity contribution in [2.24, 2.45) is 4.99 Å². The lowest BCUT2D eigenvalue weighted by Gasteiger charge is -2.15. The van der Waals surface area contributed by atoms with E-state index in [4.69, 9.17) is 9.73 Å². The summed E-state index contributed by atoms with van der Waals surface area (Å²) in [4.78, 5) is 17.4. The highest BCUT2D eigenvalue weighted by molar-refractivity contribution is 6.13. The van der Waals surface area contributed by atoms with E-state index in [0.717, 1.165) is 28.0 Å². The molecule has 3 aromatic carbocycles. The van der Waals surface area contributed by atoms with Crippen LogP contribution in [-0.4, -0.2) is 24.8 Å². The van der Waals surface area contributed by atoms with Gasteiger partial charge in [-0.25, -0.2) is 4.79 Å². The second-order valence-corrected chi connectivity index (χ2v) is 6.38. The minimum Gasteiger partial charge on any atom is -0.467 e. The van der Waals surface area contributed by atoms with Crippen molar-refractivity contribution in [2.45, 2.75) is 19.4 Å². The van der Waals surface area contributed by atoms with Gasteiger partial charge in [0.05, 0.1) is 12.8 Å². The smallest absolute Gasteiger partial charge is 0.330 e. The van der Waals surface area contributed by atoms with E-state index in [1.807, 2.05) is 91.9 Å². The van der Waals surface area contributed by atoms with Crippen molar-refractivity contribution in [1.29, 1.82) is 0 Å². The number of hydrogen-bond acceptors (Lipinski definition) is 3. The minimum atomic E-state index is -0.605. The molecule has 136 valence electrons. The standard InChI is InChI=1S/C24H23NO2/c1-18-11-9-10-16-21(18)17-22(24(26)27-2)25-23(19-12-5-3-6-13-19)20-14-7-4-8-15-20/h3-16,22H,17H2,1-2H3. The zero-order chi connectivity index (χ0) is 19.1. The second-order valence-electron chi connectivity index (χ2n) is 6.38. The van der Waals surface area contributed by atoms with Crippen LogP contribution < -0.4 is 0 Å². The van der Waals surface area contributed by atoms with Crippen LogP contribution in [0.3, 0.4) is 0 Å². The third-order valence-corrected chi connectivity index (χ3v) is 4.53. The maximum atomic E-state index is 12.5. The van der Waals surface area contributed by atoms with E-state index in [1.54, 1.807) is 0 Å².